The van der Waals surface area contributed by atoms with Gasteiger partial charge >= 0.3 is 0 Å². The van der Waals surface area contributed by atoms with E-state index in [0.29, 0.717) is 27.2 Å². The standard InChI is InChI=1S/C20H21ClN10S/c21-14-12(2-5-24-16(14)23)32-13-9-25-17-18(27-13)29-19(28-17)30-7-3-20(4-8-30)10-31-11(15(20)22)1-6-26-31/h1-2,5-6,9,15H,3-4,7-8,10,22H2,(H2,23,24)(H,25,27,28,29)/t15-/m1/s1. The van der Waals surface area contributed by atoms with E-state index < -0.39 is 0 Å². The molecule has 4 aromatic heterocycles. The average molecular weight is 469 g/mol. The predicted octanol–water partition coefficient (Wildman–Crippen LogP) is 2.63. The third-order valence-electron chi connectivity index (χ3n) is 6.52. The van der Waals surface area contributed by atoms with Gasteiger partial charge in [0.05, 0.1) is 23.0 Å². The third-order valence-corrected chi connectivity index (χ3v) is 8.00. The Morgan fingerprint density at radius 3 is 2.81 bits per heavy atom. The van der Waals surface area contributed by atoms with Crippen LogP contribution < -0.4 is 16.4 Å². The van der Waals surface area contributed by atoms with Crippen LogP contribution in [0, 0.1) is 5.41 Å². The Bertz CT molecular complexity index is 1310. The first kappa shape index (κ1) is 19.8. The second kappa shape index (κ2) is 7.32. The molecule has 4 aromatic rings. The van der Waals surface area contributed by atoms with Crippen molar-refractivity contribution in [3.05, 3.63) is 41.4 Å². The van der Waals surface area contributed by atoms with Crippen molar-refractivity contribution in [2.45, 2.75) is 35.3 Å². The summed E-state index contributed by atoms with van der Waals surface area (Å²) < 4.78 is 2.05. The maximum atomic E-state index is 6.60. The summed E-state index contributed by atoms with van der Waals surface area (Å²) in [5.74, 6) is 1.08. The summed E-state index contributed by atoms with van der Waals surface area (Å²) in [4.78, 5) is 24.2. The smallest absolute Gasteiger partial charge is 0.206 e. The molecular formula is C20H21ClN10S. The highest BCUT2D eigenvalue weighted by Crippen LogP contribution is 2.47. The fourth-order valence-corrected chi connectivity index (χ4v) is 5.69. The van der Waals surface area contributed by atoms with Gasteiger partial charge in [0.25, 0.3) is 0 Å². The Balaban J connectivity index is 1.19. The molecule has 0 radical (unpaired) electrons. The van der Waals surface area contributed by atoms with Gasteiger partial charge in [0.2, 0.25) is 5.95 Å². The number of nitrogens with one attached hydrogen (secondary N) is 1. The maximum absolute atomic E-state index is 6.60. The second-order valence-corrected chi connectivity index (χ2v) is 9.73. The van der Waals surface area contributed by atoms with Crippen molar-refractivity contribution in [3.8, 4) is 0 Å². The number of aromatic nitrogens is 7. The lowest BCUT2D eigenvalue weighted by Gasteiger charge is -2.41. The molecule has 12 heteroatoms. The van der Waals surface area contributed by atoms with Crippen LogP contribution in [0.2, 0.25) is 5.02 Å². The number of imidazole rings is 1. The topological polar surface area (TPSA) is 140 Å². The van der Waals surface area contributed by atoms with E-state index in [1.54, 1.807) is 18.5 Å². The number of fused-ring (bicyclic) bond motifs is 2. The van der Waals surface area contributed by atoms with Gasteiger partial charge in [0.1, 0.15) is 10.8 Å². The number of hydrogen-bond donors (Lipinski definition) is 3. The van der Waals surface area contributed by atoms with Crippen LogP contribution in [0.4, 0.5) is 11.8 Å². The predicted molar refractivity (Wildman–Crippen MR) is 123 cm³/mol. The fraction of sp³-hybridized carbons (Fsp3) is 0.350. The van der Waals surface area contributed by atoms with Crippen LogP contribution in [-0.4, -0.2) is 47.8 Å². The van der Waals surface area contributed by atoms with Gasteiger partial charge in [0, 0.05) is 42.3 Å². The summed E-state index contributed by atoms with van der Waals surface area (Å²) >= 11 is 7.63. The monoisotopic (exact) mass is 468 g/mol. The number of H-pyrrole nitrogens is 1. The minimum atomic E-state index is 0.0276. The van der Waals surface area contributed by atoms with Gasteiger partial charge in [-0.3, -0.25) is 4.68 Å². The molecule has 32 heavy (non-hydrogen) atoms. The van der Waals surface area contributed by atoms with Crippen LogP contribution in [0.5, 0.6) is 0 Å². The second-order valence-electron chi connectivity index (χ2n) is 8.29. The summed E-state index contributed by atoms with van der Waals surface area (Å²) in [6.45, 7) is 2.62. The number of hydrogen-bond acceptors (Lipinski definition) is 9. The third kappa shape index (κ3) is 3.11. The average Bonchev–Trinajstić information content (AvgIpc) is 3.48. The molecule has 1 atom stereocenters. The molecule has 5 N–H and O–H groups in total. The number of aromatic amines is 1. The van der Waals surface area contributed by atoms with Gasteiger partial charge in [-0.05, 0) is 25.0 Å². The number of nitrogens with zero attached hydrogens (tertiary/aromatic N) is 7. The van der Waals surface area contributed by atoms with Gasteiger partial charge in [-0.25, -0.2) is 15.0 Å². The number of anilines is 2. The Kier molecular flexibility index (Phi) is 4.52. The van der Waals surface area contributed by atoms with Crippen molar-refractivity contribution in [2.75, 3.05) is 23.7 Å². The molecule has 0 aromatic carbocycles. The van der Waals surface area contributed by atoms with E-state index in [0.717, 1.165) is 49.0 Å². The largest absolute Gasteiger partial charge is 0.382 e. The highest BCUT2D eigenvalue weighted by molar-refractivity contribution is 7.99. The SMILES string of the molecule is Nc1nccc(Sc2cnc3[nH]c(N4CCC5(CC4)Cn4nccc4[C@H]5N)nc3n2)c1Cl. The van der Waals surface area contributed by atoms with Gasteiger partial charge in [0.15, 0.2) is 11.3 Å². The molecule has 1 saturated heterocycles. The van der Waals surface area contributed by atoms with Crippen LogP contribution >= 0.6 is 23.4 Å². The first-order valence-electron chi connectivity index (χ1n) is 10.4. The molecular weight excluding hydrogens is 448 g/mol. The Hall–Kier alpha value is -2.89. The van der Waals surface area contributed by atoms with Crippen molar-refractivity contribution in [1.82, 2.24) is 34.7 Å². The number of piperidine rings is 1. The first-order valence-corrected chi connectivity index (χ1v) is 11.5. The quantitative estimate of drug-likeness (QED) is 0.413. The van der Waals surface area contributed by atoms with Crippen molar-refractivity contribution in [1.29, 1.82) is 0 Å². The Morgan fingerprint density at radius 1 is 1.16 bits per heavy atom. The molecule has 6 rings (SSSR count). The van der Waals surface area contributed by atoms with Gasteiger partial charge < -0.3 is 21.4 Å². The number of nitrogen functional groups attached to an aromatic ring is 1. The Labute approximate surface area is 192 Å². The van der Waals surface area contributed by atoms with E-state index in [1.807, 2.05) is 12.3 Å². The molecule has 10 nitrogen and oxygen atoms in total. The zero-order valence-corrected chi connectivity index (χ0v) is 18.6. The van der Waals surface area contributed by atoms with E-state index in [2.05, 4.69) is 34.6 Å². The van der Waals surface area contributed by atoms with Crippen molar-refractivity contribution in [3.63, 3.8) is 0 Å². The van der Waals surface area contributed by atoms with Crippen LogP contribution in [0.15, 0.2) is 40.6 Å². The summed E-state index contributed by atoms with van der Waals surface area (Å²) in [5, 5.41) is 5.52. The molecule has 2 aliphatic rings. The van der Waals surface area contributed by atoms with Gasteiger partial charge in [-0.1, -0.05) is 23.4 Å². The maximum Gasteiger partial charge on any atom is 0.206 e. The van der Waals surface area contributed by atoms with Crippen LogP contribution in [-0.2, 0) is 6.54 Å². The first-order chi connectivity index (χ1) is 15.5. The molecule has 6 heterocycles. The molecule has 0 aliphatic carbocycles. The van der Waals surface area contributed by atoms with Crippen molar-refractivity contribution < 1.29 is 0 Å². The number of pyridine rings is 1. The minimum Gasteiger partial charge on any atom is -0.382 e. The zero-order valence-electron chi connectivity index (χ0n) is 17.1. The molecule has 0 bridgehead atoms. The lowest BCUT2D eigenvalue weighted by Crippen LogP contribution is -2.45. The van der Waals surface area contributed by atoms with E-state index in [1.165, 1.54) is 11.8 Å². The highest BCUT2D eigenvalue weighted by atomic mass is 35.5. The van der Waals surface area contributed by atoms with E-state index >= 15 is 0 Å². The lowest BCUT2D eigenvalue weighted by atomic mass is 9.74. The number of nitrogens with two attached hydrogens (primary N) is 2. The van der Waals surface area contributed by atoms with E-state index in [4.69, 9.17) is 28.1 Å². The molecule has 0 saturated carbocycles. The van der Waals surface area contributed by atoms with Gasteiger partial charge in [-0.15, -0.1) is 0 Å². The zero-order chi connectivity index (χ0) is 21.9. The van der Waals surface area contributed by atoms with Crippen molar-refractivity contribution in [2.24, 2.45) is 11.1 Å². The molecule has 0 amide bonds. The van der Waals surface area contributed by atoms with Gasteiger partial charge in [-0.2, -0.15) is 10.1 Å². The summed E-state index contributed by atoms with van der Waals surface area (Å²) in [7, 11) is 0. The summed E-state index contributed by atoms with van der Waals surface area (Å²) in [5.41, 5.74) is 14.8. The molecule has 164 valence electrons. The van der Waals surface area contributed by atoms with Crippen LogP contribution in [0.1, 0.15) is 24.6 Å². The summed E-state index contributed by atoms with van der Waals surface area (Å²) in [6, 6.07) is 3.86. The van der Waals surface area contributed by atoms with Crippen molar-refractivity contribution >= 4 is 46.4 Å². The van der Waals surface area contributed by atoms with E-state index in [-0.39, 0.29) is 11.5 Å². The number of rotatable bonds is 3. The molecule has 0 unspecified atom stereocenters. The molecule has 2 aliphatic heterocycles. The van der Waals surface area contributed by atoms with Crippen LogP contribution in [0.3, 0.4) is 0 Å². The Morgan fingerprint density at radius 2 is 2.00 bits per heavy atom. The van der Waals surface area contributed by atoms with E-state index in [9.17, 15) is 0 Å². The molecule has 1 fully saturated rings. The fourth-order valence-electron chi connectivity index (χ4n) is 4.68. The minimum absolute atomic E-state index is 0.0276. The summed E-state index contributed by atoms with van der Waals surface area (Å²) in [6.07, 6.45) is 7.12. The lowest BCUT2D eigenvalue weighted by molar-refractivity contribution is 0.170. The highest BCUT2D eigenvalue weighted by Gasteiger charge is 2.47. The van der Waals surface area contributed by atoms with Crippen LogP contribution in [0.25, 0.3) is 11.3 Å². The normalized spacial score (nSPS) is 19.7. The number of halogens is 1. The molecule has 1 spiro atoms.